The van der Waals surface area contributed by atoms with Gasteiger partial charge in [-0.05, 0) is 56.6 Å². The standard InChI is InChI=1S/C26H29F2N7O2S.C2HF3O2/c1-3-12-38(36,37)33-21-5-4-20(27)26(24(21)28)35-15-19(17-13-30-16-31-14-17)25-22(35)6-7-23(32-25)34(2)18-8-10-29-11-9-18;3-2(4,5)1(6)7/h4-7,13-16,18,29,33H,3,8-12H2,1-2H3;(H,6,7). The highest BCUT2D eigenvalue weighted by molar-refractivity contribution is 7.92. The third kappa shape index (κ3) is 7.83. The van der Waals surface area contributed by atoms with E-state index in [1.807, 2.05) is 13.1 Å². The topological polar surface area (TPSA) is 142 Å². The summed E-state index contributed by atoms with van der Waals surface area (Å²) in [5, 5.41) is 10.5. The summed E-state index contributed by atoms with van der Waals surface area (Å²) in [6.45, 7) is 3.56. The lowest BCUT2D eigenvalue weighted by atomic mass is 10.1. The fourth-order valence-corrected chi connectivity index (χ4v) is 5.97. The highest BCUT2D eigenvalue weighted by Crippen LogP contribution is 2.35. The summed E-state index contributed by atoms with van der Waals surface area (Å²) in [6.07, 6.45) is 3.43. The number of nitrogens with zero attached hydrogens (tertiary/aromatic N) is 5. The minimum absolute atomic E-state index is 0.180. The Morgan fingerprint density at radius 1 is 1.13 bits per heavy atom. The molecule has 0 aliphatic carbocycles. The van der Waals surface area contributed by atoms with E-state index in [1.165, 1.54) is 10.9 Å². The Kier molecular flexibility index (Phi) is 10.2. The van der Waals surface area contributed by atoms with Gasteiger partial charge < -0.3 is 19.9 Å². The molecule has 1 saturated heterocycles. The van der Waals surface area contributed by atoms with Gasteiger partial charge in [0.25, 0.3) is 0 Å². The number of carboxylic acids is 1. The second-order valence-corrected chi connectivity index (χ2v) is 12.0. The maximum Gasteiger partial charge on any atom is 0.490 e. The van der Waals surface area contributed by atoms with Gasteiger partial charge >= 0.3 is 12.1 Å². The van der Waals surface area contributed by atoms with Crippen molar-refractivity contribution in [1.29, 1.82) is 0 Å². The minimum atomic E-state index is -5.08. The molecule has 4 heterocycles. The number of aromatic nitrogens is 4. The quantitative estimate of drug-likeness (QED) is 0.230. The largest absolute Gasteiger partial charge is 0.490 e. The first-order valence-corrected chi connectivity index (χ1v) is 15.4. The monoisotopic (exact) mass is 655 g/mol. The van der Waals surface area contributed by atoms with Crippen molar-refractivity contribution in [3.05, 3.63) is 60.8 Å². The van der Waals surface area contributed by atoms with Gasteiger partial charge in [0.05, 0.1) is 22.5 Å². The number of hydrogen-bond acceptors (Lipinski definition) is 8. The second-order valence-electron chi connectivity index (χ2n) is 10.2. The number of rotatable bonds is 8. The van der Waals surface area contributed by atoms with E-state index in [-0.39, 0.29) is 11.4 Å². The number of benzene rings is 1. The number of sulfonamides is 1. The molecule has 1 fully saturated rings. The molecule has 11 nitrogen and oxygen atoms in total. The summed E-state index contributed by atoms with van der Waals surface area (Å²) in [4.78, 5) is 24.1. The van der Waals surface area contributed by atoms with E-state index in [0.29, 0.717) is 34.6 Å². The number of fused-ring (bicyclic) bond motifs is 1. The smallest absolute Gasteiger partial charge is 0.475 e. The molecule has 0 bridgehead atoms. The van der Waals surface area contributed by atoms with Crippen LogP contribution in [0.3, 0.4) is 0 Å². The van der Waals surface area contributed by atoms with E-state index in [0.717, 1.165) is 43.9 Å². The Hall–Kier alpha value is -4.38. The van der Waals surface area contributed by atoms with E-state index < -0.39 is 39.5 Å². The van der Waals surface area contributed by atoms with E-state index in [2.05, 4.69) is 24.9 Å². The van der Waals surface area contributed by atoms with E-state index in [1.54, 1.807) is 31.6 Å². The number of pyridine rings is 1. The molecule has 242 valence electrons. The fraction of sp³-hybridized carbons (Fsp3) is 0.357. The zero-order chi connectivity index (χ0) is 32.9. The number of alkyl halides is 3. The first kappa shape index (κ1) is 33.5. The van der Waals surface area contributed by atoms with Crippen LogP contribution in [-0.4, -0.2) is 77.1 Å². The van der Waals surface area contributed by atoms with Gasteiger partial charge in [0, 0.05) is 42.8 Å². The molecule has 0 spiro atoms. The van der Waals surface area contributed by atoms with Crippen LogP contribution in [0.1, 0.15) is 26.2 Å². The van der Waals surface area contributed by atoms with E-state index in [9.17, 15) is 21.6 Å². The molecule has 0 atom stereocenters. The van der Waals surface area contributed by atoms with Gasteiger partial charge in [-0.15, -0.1) is 0 Å². The summed E-state index contributed by atoms with van der Waals surface area (Å²) < 4.78 is 90.9. The lowest BCUT2D eigenvalue weighted by Gasteiger charge is -2.32. The molecule has 0 radical (unpaired) electrons. The van der Waals surface area contributed by atoms with Crippen molar-refractivity contribution < 1.29 is 40.3 Å². The van der Waals surface area contributed by atoms with E-state index >= 15 is 8.78 Å². The average Bonchev–Trinajstić information content (AvgIpc) is 3.37. The zero-order valence-corrected chi connectivity index (χ0v) is 25.0. The number of piperidine rings is 1. The molecule has 17 heteroatoms. The van der Waals surface area contributed by atoms with Crippen LogP contribution in [-0.2, 0) is 14.8 Å². The highest BCUT2D eigenvalue weighted by Gasteiger charge is 2.38. The summed E-state index contributed by atoms with van der Waals surface area (Å²) in [6, 6.07) is 6.05. The van der Waals surface area contributed by atoms with Crippen molar-refractivity contribution in [3.63, 3.8) is 0 Å². The molecule has 4 aromatic rings. The van der Waals surface area contributed by atoms with Crippen molar-refractivity contribution in [2.45, 2.75) is 38.4 Å². The van der Waals surface area contributed by atoms with Crippen LogP contribution < -0.4 is 14.9 Å². The Balaban J connectivity index is 0.000000591. The summed E-state index contributed by atoms with van der Waals surface area (Å²) >= 11 is 0. The number of carboxylic acid groups (broad SMARTS) is 1. The van der Waals surface area contributed by atoms with Gasteiger partial charge in [0.15, 0.2) is 5.82 Å². The van der Waals surface area contributed by atoms with Crippen LogP contribution in [0.25, 0.3) is 27.8 Å². The van der Waals surface area contributed by atoms with Gasteiger partial charge in [-0.2, -0.15) is 13.2 Å². The average molecular weight is 656 g/mol. The lowest BCUT2D eigenvalue weighted by molar-refractivity contribution is -0.192. The predicted octanol–water partition coefficient (Wildman–Crippen LogP) is 4.73. The molecule has 0 unspecified atom stereocenters. The first-order chi connectivity index (χ1) is 21.2. The molecular formula is C28H30F5N7O4S. The number of nitrogens with one attached hydrogen (secondary N) is 2. The highest BCUT2D eigenvalue weighted by atomic mass is 32.2. The minimum Gasteiger partial charge on any atom is -0.475 e. The summed E-state index contributed by atoms with van der Waals surface area (Å²) in [5.74, 6) is -4.06. The number of aliphatic carboxylic acids is 1. The number of halogens is 5. The van der Waals surface area contributed by atoms with Crippen molar-refractivity contribution in [1.82, 2.24) is 24.8 Å². The molecule has 45 heavy (non-hydrogen) atoms. The molecule has 3 N–H and O–H groups in total. The zero-order valence-electron chi connectivity index (χ0n) is 24.1. The van der Waals surface area contributed by atoms with Crippen molar-refractivity contribution in [2.75, 3.05) is 35.5 Å². The van der Waals surface area contributed by atoms with Gasteiger partial charge in [0.1, 0.15) is 23.6 Å². The maximum atomic E-state index is 15.7. The predicted molar refractivity (Wildman–Crippen MR) is 158 cm³/mol. The van der Waals surface area contributed by atoms with Crippen molar-refractivity contribution >= 4 is 38.5 Å². The SMILES string of the molecule is CCCS(=O)(=O)Nc1ccc(F)c(-n2cc(-c3cncnc3)c3nc(N(C)C4CCNCC4)ccc32)c1F.O=C(O)C(F)(F)F. The molecule has 5 rings (SSSR count). The van der Waals surface area contributed by atoms with Gasteiger partial charge in [-0.1, -0.05) is 6.92 Å². The van der Waals surface area contributed by atoms with Gasteiger partial charge in [-0.25, -0.2) is 36.9 Å². The Bertz CT molecular complexity index is 1760. The molecule has 0 saturated carbocycles. The molecule has 1 aliphatic rings. The van der Waals surface area contributed by atoms with E-state index in [4.69, 9.17) is 14.9 Å². The van der Waals surface area contributed by atoms with Crippen LogP contribution in [0.15, 0.2) is 49.2 Å². The summed E-state index contributed by atoms with van der Waals surface area (Å²) in [7, 11) is -1.79. The molecular weight excluding hydrogens is 625 g/mol. The molecule has 1 aliphatic heterocycles. The van der Waals surface area contributed by atoms with Gasteiger partial charge in [0.2, 0.25) is 10.0 Å². The number of hydrogen-bond donors (Lipinski definition) is 3. The Morgan fingerprint density at radius 2 is 1.78 bits per heavy atom. The molecule has 3 aromatic heterocycles. The normalized spacial score (nSPS) is 14.1. The fourth-order valence-electron chi connectivity index (χ4n) is 4.83. The Labute approximate surface area is 255 Å². The number of carbonyl (C=O) groups is 1. The third-order valence-corrected chi connectivity index (χ3v) is 8.49. The number of anilines is 2. The molecule has 1 aromatic carbocycles. The molecule has 0 amide bonds. The van der Waals surface area contributed by atoms with Crippen LogP contribution in [0.4, 0.5) is 33.5 Å². The first-order valence-electron chi connectivity index (χ1n) is 13.7. The van der Waals surface area contributed by atoms with Crippen LogP contribution >= 0.6 is 0 Å². The van der Waals surface area contributed by atoms with Gasteiger partial charge in [-0.3, -0.25) is 4.72 Å². The van der Waals surface area contributed by atoms with Crippen LogP contribution in [0.2, 0.25) is 0 Å². The second kappa shape index (κ2) is 13.7. The van der Waals surface area contributed by atoms with Crippen molar-refractivity contribution in [2.24, 2.45) is 0 Å². The lowest BCUT2D eigenvalue weighted by Crippen LogP contribution is -2.41. The maximum absolute atomic E-state index is 15.7. The van der Waals surface area contributed by atoms with Crippen LogP contribution in [0, 0.1) is 11.6 Å². The third-order valence-electron chi connectivity index (χ3n) is 7.01. The summed E-state index contributed by atoms with van der Waals surface area (Å²) in [5.41, 5.74) is 1.47. The van der Waals surface area contributed by atoms with Crippen molar-refractivity contribution in [3.8, 4) is 16.8 Å². The Morgan fingerprint density at radius 3 is 2.38 bits per heavy atom. The van der Waals surface area contributed by atoms with Crippen LogP contribution in [0.5, 0.6) is 0 Å².